The van der Waals surface area contributed by atoms with Crippen molar-refractivity contribution in [1.82, 2.24) is 4.57 Å². The maximum absolute atomic E-state index is 7.34. The molecule has 3 aromatic heterocycles. The summed E-state index contributed by atoms with van der Waals surface area (Å²) < 4.78 is 12.6. The molecular weight excluding hydrogens is 820 g/mol. The maximum Gasteiger partial charge on any atom is 0.333 e. The van der Waals surface area contributed by atoms with Gasteiger partial charge in [0.2, 0.25) is 0 Å². The summed E-state index contributed by atoms with van der Waals surface area (Å²) in [7, 11) is 0. The van der Waals surface area contributed by atoms with Crippen molar-refractivity contribution in [2.45, 2.75) is 45.4 Å². The summed E-state index contributed by atoms with van der Waals surface area (Å²) in [5, 5.41) is 7.48. The molecule has 15 rings (SSSR count). The van der Waals surface area contributed by atoms with Crippen LogP contribution in [0.4, 0.5) is 11.4 Å². The molecule has 66 heavy (non-hydrogen) atoms. The lowest BCUT2D eigenvalue weighted by molar-refractivity contribution is 0.591. The lowest BCUT2D eigenvalue weighted by Crippen LogP contribution is -2.60. The smallest absolute Gasteiger partial charge is 0.333 e. The van der Waals surface area contributed by atoms with E-state index in [1.807, 2.05) is 11.3 Å². The van der Waals surface area contributed by atoms with Crippen LogP contribution in [-0.4, -0.2) is 11.4 Å². The Morgan fingerprint density at radius 3 is 2.14 bits per heavy atom. The molecule has 12 aromatic rings. The maximum atomic E-state index is 7.34. The molecule has 0 spiro atoms. The van der Waals surface area contributed by atoms with Crippen molar-refractivity contribution in [3.8, 4) is 39.1 Å². The number of rotatable bonds is 2. The van der Waals surface area contributed by atoms with E-state index < -0.39 is 0 Å². The number of furan rings is 1. The third-order valence-electron chi connectivity index (χ3n) is 15.5. The minimum absolute atomic E-state index is 0.0402. The molecular formula is C61H43BN2OS. The molecule has 0 N–H and O–H groups in total. The first-order valence-electron chi connectivity index (χ1n) is 23.3. The van der Waals surface area contributed by atoms with Gasteiger partial charge in [-0.15, -0.1) is 11.3 Å². The van der Waals surface area contributed by atoms with Gasteiger partial charge in [-0.05, 0) is 110 Å². The number of hydrogen-bond donors (Lipinski definition) is 0. The Morgan fingerprint density at radius 2 is 1.30 bits per heavy atom. The van der Waals surface area contributed by atoms with Gasteiger partial charge in [-0.25, -0.2) is 0 Å². The number of anilines is 2. The van der Waals surface area contributed by atoms with Crippen LogP contribution in [0.3, 0.4) is 0 Å². The molecule has 2 aliphatic heterocycles. The van der Waals surface area contributed by atoms with Crippen molar-refractivity contribution in [3.05, 3.63) is 187 Å². The van der Waals surface area contributed by atoms with Gasteiger partial charge in [0.25, 0.3) is 0 Å². The Labute approximate surface area is 387 Å². The highest BCUT2D eigenvalue weighted by molar-refractivity contribution is 7.25. The molecule has 5 heterocycles. The average Bonchev–Trinajstić information content (AvgIpc) is 4.06. The van der Waals surface area contributed by atoms with Gasteiger partial charge in [0, 0.05) is 75.3 Å². The Balaban J connectivity index is 1.17. The molecule has 0 amide bonds. The second kappa shape index (κ2) is 12.5. The van der Waals surface area contributed by atoms with Crippen molar-refractivity contribution in [2.24, 2.45) is 0 Å². The monoisotopic (exact) mass is 862 g/mol. The molecule has 0 radical (unpaired) electrons. The van der Waals surface area contributed by atoms with Gasteiger partial charge in [-0.1, -0.05) is 150 Å². The van der Waals surface area contributed by atoms with Crippen LogP contribution in [0.2, 0.25) is 0 Å². The summed E-state index contributed by atoms with van der Waals surface area (Å²) in [6.45, 7) is 11.6. The average molecular weight is 863 g/mol. The van der Waals surface area contributed by atoms with Crippen LogP contribution in [0.15, 0.2) is 174 Å². The number of nitrogens with zero attached hydrogens (tertiary/aromatic N) is 2. The predicted molar refractivity (Wildman–Crippen MR) is 282 cm³/mol. The van der Waals surface area contributed by atoms with Gasteiger partial charge in [0.05, 0.1) is 11.0 Å². The predicted octanol–water partition coefficient (Wildman–Crippen LogP) is 15.6. The van der Waals surface area contributed by atoms with Gasteiger partial charge in [-0.3, -0.25) is 0 Å². The molecule has 1 aliphatic carbocycles. The molecule has 312 valence electrons. The van der Waals surface area contributed by atoms with Crippen LogP contribution >= 0.6 is 11.3 Å². The fraction of sp³-hybridized carbons (Fsp3) is 0.115. The molecule has 0 unspecified atom stereocenters. The first kappa shape index (κ1) is 36.9. The Morgan fingerprint density at radius 1 is 0.561 bits per heavy atom. The third-order valence-corrected chi connectivity index (χ3v) is 16.6. The van der Waals surface area contributed by atoms with Crippen molar-refractivity contribution in [2.75, 3.05) is 4.81 Å². The van der Waals surface area contributed by atoms with Gasteiger partial charge in [0.1, 0.15) is 11.2 Å². The number of fused-ring (bicyclic) bond motifs is 19. The van der Waals surface area contributed by atoms with Gasteiger partial charge in [0.15, 0.2) is 0 Å². The van der Waals surface area contributed by atoms with Gasteiger partial charge >= 0.3 is 6.85 Å². The zero-order valence-electron chi connectivity index (χ0n) is 37.5. The number of thiophene rings is 1. The van der Waals surface area contributed by atoms with E-state index in [0.29, 0.717) is 0 Å². The molecule has 0 bridgehead atoms. The van der Waals surface area contributed by atoms with E-state index in [1.165, 1.54) is 125 Å². The Kier molecular flexibility index (Phi) is 7.00. The summed E-state index contributed by atoms with van der Waals surface area (Å²) in [6.07, 6.45) is 0. The van der Waals surface area contributed by atoms with Crippen molar-refractivity contribution < 1.29 is 4.42 Å². The molecule has 0 saturated heterocycles. The zero-order valence-corrected chi connectivity index (χ0v) is 38.3. The van der Waals surface area contributed by atoms with E-state index >= 15 is 0 Å². The minimum atomic E-state index is -0.180. The van der Waals surface area contributed by atoms with Crippen LogP contribution in [0.1, 0.15) is 51.3 Å². The highest BCUT2D eigenvalue weighted by Crippen LogP contribution is 2.55. The van der Waals surface area contributed by atoms with E-state index in [4.69, 9.17) is 4.42 Å². The van der Waals surface area contributed by atoms with E-state index in [2.05, 4.69) is 214 Å². The molecule has 3 aliphatic rings. The van der Waals surface area contributed by atoms with E-state index in [1.54, 1.807) is 0 Å². The second-order valence-electron chi connectivity index (χ2n) is 20.4. The molecule has 3 nitrogen and oxygen atoms in total. The molecule has 0 saturated carbocycles. The van der Waals surface area contributed by atoms with E-state index in [9.17, 15) is 0 Å². The molecule has 9 aromatic carbocycles. The molecule has 0 atom stereocenters. The second-order valence-corrected chi connectivity index (χ2v) is 21.5. The highest BCUT2D eigenvalue weighted by Gasteiger charge is 2.48. The Bertz CT molecular complexity index is 4120. The normalized spacial score (nSPS) is 14.5. The summed E-state index contributed by atoms with van der Waals surface area (Å²) in [5.41, 5.74) is 22.0. The van der Waals surface area contributed by atoms with Crippen molar-refractivity contribution in [1.29, 1.82) is 0 Å². The van der Waals surface area contributed by atoms with Crippen LogP contribution < -0.4 is 15.7 Å². The Hall–Kier alpha value is -7.34. The zero-order chi connectivity index (χ0) is 44.0. The van der Waals surface area contributed by atoms with Crippen LogP contribution in [0.5, 0.6) is 0 Å². The lowest BCUT2D eigenvalue weighted by atomic mass is 9.43. The fourth-order valence-corrected chi connectivity index (χ4v) is 13.5. The van der Waals surface area contributed by atoms with Crippen LogP contribution in [0, 0.1) is 0 Å². The van der Waals surface area contributed by atoms with Crippen molar-refractivity contribution in [3.63, 3.8) is 0 Å². The van der Waals surface area contributed by atoms with E-state index in [0.717, 1.165) is 16.6 Å². The summed E-state index contributed by atoms with van der Waals surface area (Å²) in [5.74, 6) is 0. The lowest BCUT2D eigenvalue weighted by Gasteiger charge is -2.42. The standard InChI is InChI=1S/C61H43BN2OS/c1-60(2,3)36-25-28-48-43(29-36)54-55-40-19-10-13-21-51(40)65-59(55)56-44-30-42-39-18-11-14-22-52(39)66-53(42)33-49(44)64(37-26-23-35(24-27-37)34-15-7-6-8-16-34)62-47-32-46-41(31-50(47)63(48)58(54)57(56)62)38-17-9-12-20-45(38)61(46,4)5/h6-33H,1-5H3. The van der Waals surface area contributed by atoms with Gasteiger partial charge < -0.3 is 13.8 Å². The first-order valence-corrected chi connectivity index (χ1v) is 24.1. The van der Waals surface area contributed by atoms with Crippen LogP contribution in [0.25, 0.3) is 103 Å². The van der Waals surface area contributed by atoms with Crippen LogP contribution in [-0.2, 0) is 10.8 Å². The first-order chi connectivity index (χ1) is 32.1. The number of aromatic nitrogens is 1. The fourth-order valence-electron chi connectivity index (χ4n) is 12.4. The molecule has 5 heteroatoms. The number of para-hydroxylation sites is 1. The topological polar surface area (TPSA) is 21.3 Å². The van der Waals surface area contributed by atoms with Gasteiger partial charge in [-0.2, -0.15) is 0 Å². The third kappa shape index (κ3) is 4.63. The summed E-state index contributed by atoms with van der Waals surface area (Å²) in [4.78, 5) is 2.69. The molecule has 0 fully saturated rings. The highest BCUT2D eigenvalue weighted by atomic mass is 32.1. The summed E-state index contributed by atoms with van der Waals surface area (Å²) >= 11 is 1.89. The SMILES string of the molecule is CC(C)(C)c1ccc2c(c1)c1c3c(oc4ccccc43)c3c4c1n2-c1cc2c(cc1B4N(c1ccc(-c4ccccc4)cc1)c1cc4sc5ccccc5c4cc1-3)C(C)(C)c1ccccc1-2. The van der Waals surface area contributed by atoms with Crippen molar-refractivity contribution >= 4 is 104 Å². The largest absolute Gasteiger partial charge is 0.455 e. The minimum Gasteiger partial charge on any atom is -0.455 e. The number of benzene rings is 9. The number of hydrogen-bond acceptors (Lipinski definition) is 3. The quantitative estimate of drug-likeness (QED) is 0.162. The van der Waals surface area contributed by atoms with E-state index in [-0.39, 0.29) is 17.7 Å². The summed E-state index contributed by atoms with van der Waals surface area (Å²) in [6, 6.07) is 64.2.